The van der Waals surface area contributed by atoms with Crippen molar-refractivity contribution in [1.29, 1.82) is 0 Å². The number of amides is 1. The number of hydrogen-bond acceptors (Lipinski definition) is 4. The number of ether oxygens (including phenoxy) is 2. The summed E-state index contributed by atoms with van der Waals surface area (Å²) >= 11 is 3.39. The van der Waals surface area contributed by atoms with Gasteiger partial charge in [0, 0.05) is 23.9 Å². The van der Waals surface area contributed by atoms with Crippen molar-refractivity contribution in [2.45, 2.75) is 130 Å². The molecule has 0 atom stereocenters. The lowest BCUT2D eigenvalue weighted by atomic mass is 10.0. The van der Waals surface area contributed by atoms with Crippen LogP contribution < -0.4 is 5.32 Å². The summed E-state index contributed by atoms with van der Waals surface area (Å²) in [7, 11) is 0. The molecule has 0 aromatic rings. The highest BCUT2D eigenvalue weighted by Crippen LogP contribution is 2.12. The van der Waals surface area contributed by atoms with Gasteiger partial charge in [-0.05, 0) is 33.1 Å². The van der Waals surface area contributed by atoms with Gasteiger partial charge in [0.2, 0.25) is 0 Å². The van der Waals surface area contributed by atoms with E-state index in [1.165, 1.54) is 70.6 Å². The molecule has 1 N–H and O–H groups in total. The first kappa shape index (κ1) is 33.0. The van der Waals surface area contributed by atoms with E-state index in [4.69, 9.17) is 9.47 Å². The van der Waals surface area contributed by atoms with Crippen LogP contribution in [0.2, 0.25) is 0 Å². The number of carbonyl (C=O) groups is 2. The molecule has 34 heavy (non-hydrogen) atoms. The second-order valence-electron chi connectivity index (χ2n) is 9.51. The SMILES string of the molecule is CCCCCCCCCCCCCCCNC(=O)OCC(COC(=O)CCCCCBr)=C(C)C. The lowest BCUT2D eigenvalue weighted by Crippen LogP contribution is -2.26. The smallest absolute Gasteiger partial charge is 0.407 e. The second kappa shape index (κ2) is 25.1. The summed E-state index contributed by atoms with van der Waals surface area (Å²) in [5, 5.41) is 3.79. The largest absolute Gasteiger partial charge is 0.461 e. The van der Waals surface area contributed by atoms with Gasteiger partial charge in [0.25, 0.3) is 0 Å². The van der Waals surface area contributed by atoms with Gasteiger partial charge in [0.05, 0.1) is 0 Å². The van der Waals surface area contributed by atoms with Crippen molar-refractivity contribution in [3.63, 3.8) is 0 Å². The third-order valence-electron chi connectivity index (χ3n) is 6.06. The average molecular weight is 547 g/mol. The Morgan fingerprint density at radius 2 is 1.18 bits per heavy atom. The molecule has 0 saturated carbocycles. The first-order valence-corrected chi connectivity index (χ1v) is 14.9. The molecule has 0 aliphatic carbocycles. The lowest BCUT2D eigenvalue weighted by Gasteiger charge is -2.12. The van der Waals surface area contributed by atoms with Crippen LogP contribution in [0.15, 0.2) is 11.1 Å². The van der Waals surface area contributed by atoms with Crippen LogP contribution in [0, 0.1) is 0 Å². The fourth-order valence-electron chi connectivity index (χ4n) is 3.65. The number of rotatable bonds is 23. The number of unbranched alkanes of at least 4 members (excludes halogenated alkanes) is 14. The van der Waals surface area contributed by atoms with Crippen LogP contribution in [0.1, 0.15) is 130 Å². The maximum Gasteiger partial charge on any atom is 0.407 e. The van der Waals surface area contributed by atoms with E-state index in [0.717, 1.165) is 48.6 Å². The number of carbonyl (C=O) groups excluding carboxylic acids is 2. The Labute approximate surface area is 218 Å². The van der Waals surface area contributed by atoms with Crippen molar-refractivity contribution >= 4 is 28.0 Å². The maximum absolute atomic E-state index is 12.0. The van der Waals surface area contributed by atoms with E-state index in [0.29, 0.717) is 13.0 Å². The Bertz CT molecular complexity index is 532. The van der Waals surface area contributed by atoms with E-state index in [-0.39, 0.29) is 19.2 Å². The first-order valence-electron chi connectivity index (χ1n) is 13.8. The molecule has 0 heterocycles. The van der Waals surface area contributed by atoms with Crippen LogP contribution in [-0.2, 0) is 14.3 Å². The van der Waals surface area contributed by atoms with Crippen molar-refractivity contribution in [1.82, 2.24) is 5.32 Å². The molecule has 0 aliphatic heterocycles. The van der Waals surface area contributed by atoms with Gasteiger partial charge >= 0.3 is 12.1 Å². The van der Waals surface area contributed by atoms with Gasteiger partial charge in [0.1, 0.15) is 13.2 Å². The molecule has 0 aromatic heterocycles. The van der Waals surface area contributed by atoms with E-state index in [2.05, 4.69) is 28.2 Å². The summed E-state index contributed by atoms with van der Waals surface area (Å²) in [4.78, 5) is 23.8. The number of halogens is 1. The molecule has 5 nitrogen and oxygen atoms in total. The molecule has 1 amide bonds. The van der Waals surface area contributed by atoms with Gasteiger partial charge in [-0.3, -0.25) is 4.79 Å². The van der Waals surface area contributed by atoms with Gasteiger partial charge in [0.15, 0.2) is 0 Å². The quantitative estimate of drug-likeness (QED) is 0.0603. The van der Waals surface area contributed by atoms with Crippen molar-refractivity contribution in [2.75, 3.05) is 25.1 Å². The second-order valence-corrected chi connectivity index (χ2v) is 10.3. The van der Waals surface area contributed by atoms with Crippen molar-refractivity contribution in [3.8, 4) is 0 Å². The topological polar surface area (TPSA) is 64.6 Å². The van der Waals surface area contributed by atoms with Crippen molar-refractivity contribution < 1.29 is 19.1 Å². The summed E-state index contributed by atoms with van der Waals surface area (Å²) in [5.41, 5.74) is 1.85. The monoisotopic (exact) mass is 545 g/mol. The van der Waals surface area contributed by atoms with E-state index >= 15 is 0 Å². The molecule has 0 unspecified atom stereocenters. The van der Waals surface area contributed by atoms with Crippen LogP contribution in [0.4, 0.5) is 4.79 Å². The minimum Gasteiger partial charge on any atom is -0.461 e. The first-order chi connectivity index (χ1) is 16.5. The Balaban J connectivity index is 3.66. The predicted molar refractivity (Wildman–Crippen MR) is 147 cm³/mol. The third kappa shape index (κ3) is 22.7. The number of alkyl carbamates (subject to hydrolysis) is 1. The van der Waals surface area contributed by atoms with Gasteiger partial charge in [-0.25, -0.2) is 4.79 Å². The fourth-order valence-corrected chi connectivity index (χ4v) is 4.04. The van der Waals surface area contributed by atoms with Crippen molar-refractivity contribution in [3.05, 3.63) is 11.1 Å². The Morgan fingerprint density at radius 1 is 0.676 bits per heavy atom. The molecule has 6 heteroatoms. The van der Waals surface area contributed by atoms with Crippen LogP contribution >= 0.6 is 15.9 Å². The van der Waals surface area contributed by atoms with Crippen LogP contribution in [0.25, 0.3) is 0 Å². The van der Waals surface area contributed by atoms with Crippen molar-refractivity contribution in [2.24, 2.45) is 0 Å². The van der Waals surface area contributed by atoms with E-state index in [1.807, 2.05) is 13.8 Å². The summed E-state index contributed by atoms with van der Waals surface area (Å²) < 4.78 is 10.7. The molecule has 0 radical (unpaired) electrons. The lowest BCUT2D eigenvalue weighted by molar-refractivity contribution is -0.142. The minimum absolute atomic E-state index is 0.156. The number of esters is 1. The number of allylic oxidation sites excluding steroid dienone is 1. The molecule has 0 aliphatic rings. The fraction of sp³-hybridized carbons (Fsp3) is 0.857. The third-order valence-corrected chi connectivity index (χ3v) is 6.62. The number of alkyl halides is 1. The van der Waals surface area contributed by atoms with Crippen LogP contribution in [-0.4, -0.2) is 37.2 Å². The molecule has 0 fully saturated rings. The Hall–Kier alpha value is -1.04. The summed E-state index contributed by atoms with van der Waals surface area (Å²) in [6.45, 7) is 7.13. The van der Waals surface area contributed by atoms with Gasteiger partial charge in [-0.2, -0.15) is 0 Å². The molecule has 0 rings (SSSR count). The van der Waals surface area contributed by atoms with E-state index < -0.39 is 6.09 Å². The van der Waals surface area contributed by atoms with E-state index in [9.17, 15) is 9.59 Å². The highest BCUT2D eigenvalue weighted by molar-refractivity contribution is 9.09. The zero-order valence-corrected chi connectivity index (χ0v) is 23.9. The Kier molecular flexibility index (Phi) is 24.3. The standard InChI is InChI=1S/C28H52BrNO4/c1-4-5-6-7-8-9-10-11-12-13-14-15-19-22-30-28(32)34-24-26(25(2)3)23-33-27(31)20-17-16-18-21-29/h4-24H2,1-3H3,(H,30,32). The molecule has 0 aromatic carbocycles. The number of hydrogen-bond donors (Lipinski definition) is 1. The van der Waals surface area contributed by atoms with Crippen LogP contribution in [0.5, 0.6) is 0 Å². The molecule has 0 saturated heterocycles. The Morgan fingerprint density at radius 3 is 1.71 bits per heavy atom. The molecule has 0 bridgehead atoms. The normalized spacial score (nSPS) is 10.7. The van der Waals surface area contributed by atoms with Gasteiger partial charge in [-0.1, -0.05) is 112 Å². The highest BCUT2D eigenvalue weighted by Gasteiger charge is 2.09. The summed E-state index contributed by atoms with van der Waals surface area (Å²) in [5.74, 6) is -0.194. The summed E-state index contributed by atoms with van der Waals surface area (Å²) in [6.07, 6.45) is 20.0. The van der Waals surface area contributed by atoms with E-state index in [1.54, 1.807) is 0 Å². The minimum atomic E-state index is -0.404. The number of nitrogens with one attached hydrogen (secondary N) is 1. The molecule has 0 spiro atoms. The molecular weight excluding hydrogens is 494 g/mol. The zero-order valence-electron chi connectivity index (χ0n) is 22.4. The van der Waals surface area contributed by atoms with Gasteiger partial charge < -0.3 is 14.8 Å². The average Bonchev–Trinajstić information content (AvgIpc) is 2.81. The van der Waals surface area contributed by atoms with Crippen LogP contribution in [0.3, 0.4) is 0 Å². The summed E-state index contributed by atoms with van der Waals surface area (Å²) in [6, 6.07) is 0. The predicted octanol–water partition coefficient (Wildman–Crippen LogP) is 8.64. The highest BCUT2D eigenvalue weighted by atomic mass is 79.9. The van der Waals surface area contributed by atoms with Gasteiger partial charge in [-0.15, -0.1) is 0 Å². The maximum atomic E-state index is 12.0. The molecule has 200 valence electrons. The zero-order chi connectivity index (χ0) is 25.3. The molecular formula is C28H52BrNO4.